The highest BCUT2D eigenvalue weighted by Gasteiger charge is 2.18. The Bertz CT molecular complexity index is 3070. The summed E-state index contributed by atoms with van der Waals surface area (Å²) in [6.45, 7) is 0. The van der Waals surface area contributed by atoms with Crippen molar-refractivity contribution >= 4 is 49.8 Å². The Balaban J connectivity index is 1.08. The first-order chi connectivity index (χ1) is 28.9. The Morgan fingerprint density at radius 3 is 1.37 bits per heavy atom. The van der Waals surface area contributed by atoms with E-state index in [1.807, 2.05) is 54.6 Å². The van der Waals surface area contributed by atoms with Gasteiger partial charge in [0.15, 0.2) is 0 Å². The van der Waals surface area contributed by atoms with Crippen LogP contribution in [0.15, 0.2) is 217 Å². The third kappa shape index (κ3) is 5.62. The van der Waals surface area contributed by atoms with E-state index in [0.29, 0.717) is 16.7 Å². The Morgan fingerprint density at radius 2 is 0.796 bits per heavy atom. The van der Waals surface area contributed by atoms with Gasteiger partial charge >= 0.3 is 0 Å². The largest absolute Gasteiger partial charge is 0.455 e. The molecule has 0 amide bonds. The molecule has 0 unspecified atom stereocenters. The summed E-state index contributed by atoms with van der Waals surface area (Å²) in [4.78, 5) is 2.27. The minimum Gasteiger partial charge on any atom is -0.455 e. The lowest BCUT2D eigenvalue weighted by Crippen LogP contribution is -2.09. The quantitative estimate of drug-likeness (QED) is 0.165. The summed E-state index contributed by atoms with van der Waals surface area (Å²) in [6, 6.07) is 60.7. The molecule has 0 aliphatic heterocycles. The van der Waals surface area contributed by atoms with Gasteiger partial charge in [0.2, 0.25) is 0 Å². The fourth-order valence-electron chi connectivity index (χ4n) is 7.54. The lowest BCUT2D eigenvalue weighted by molar-refractivity contribution is 0.674. The molecule has 0 saturated heterocycles. The molecule has 0 fully saturated rings. The Kier molecular flexibility index (Phi) is 6.61. The van der Waals surface area contributed by atoms with Crippen LogP contribution in [-0.4, -0.2) is 0 Å². The van der Waals surface area contributed by atoms with Crippen molar-refractivity contribution in [3.63, 3.8) is 0 Å². The number of rotatable bonds is 7. The van der Waals surface area contributed by atoms with Gasteiger partial charge in [-0.15, -0.1) is 0 Å². The molecule has 10 aromatic rings. The topological polar surface area (TPSA) is 16.4 Å². The number of anilines is 3. The van der Waals surface area contributed by atoms with E-state index in [4.69, 9.17) is 11.3 Å². The van der Waals surface area contributed by atoms with E-state index in [1.54, 1.807) is 0 Å². The summed E-state index contributed by atoms with van der Waals surface area (Å²) in [5.74, 6) is 0. The van der Waals surface area contributed by atoms with E-state index in [0.717, 1.165) is 60.9 Å². The summed E-state index contributed by atoms with van der Waals surface area (Å²) in [5.41, 5.74) is 11.7. The zero-order valence-electron chi connectivity index (χ0n) is 34.2. The van der Waals surface area contributed by atoms with Gasteiger partial charge in [-0.1, -0.05) is 170 Å². The van der Waals surface area contributed by atoms with Crippen LogP contribution in [0.25, 0.3) is 77.2 Å². The van der Waals surface area contributed by atoms with Crippen molar-refractivity contribution in [3.05, 3.63) is 212 Å². The van der Waals surface area contributed by atoms with Gasteiger partial charge in [-0.3, -0.25) is 0 Å². The molecule has 2 nitrogen and oxygen atoms in total. The first-order valence-electron chi connectivity index (χ1n) is 20.5. The highest BCUT2D eigenvalue weighted by atomic mass is 16.3. The normalized spacial score (nSPS) is 12.6. The first kappa shape index (κ1) is 26.6. The monoisotopic (exact) mass is 694 g/mol. The summed E-state index contributed by atoms with van der Waals surface area (Å²) in [7, 11) is 0. The minimum atomic E-state index is -0.413. The van der Waals surface area contributed by atoms with Gasteiger partial charge in [-0.25, -0.2) is 0 Å². The lowest BCUT2D eigenvalue weighted by atomic mass is 9.95. The molecular weight excluding hydrogens is 655 g/mol. The second kappa shape index (κ2) is 13.4. The molecule has 2 heteroatoms. The van der Waals surface area contributed by atoms with Gasteiger partial charge in [0.1, 0.15) is 11.2 Å². The fraction of sp³-hybridized carbons (Fsp3) is 0. The summed E-state index contributed by atoms with van der Waals surface area (Å²) < 4.78 is 49.2. The van der Waals surface area contributed by atoms with E-state index in [2.05, 4.69) is 132 Å². The summed E-state index contributed by atoms with van der Waals surface area (Å²) in [6.07, 6.45) is 0. The second-order valence-electron chi connectivity index (χ2n) is 13.3. The van der Waals surface area contributed by atoms with Crippen LogP contribution in [-0.2, 0) is 0 Å². The molecule has 1 heterocycles. The smallest absolute Gasteiger partial charge is 0.143 e. The van der Waals surface area contributed by atoms with Crippen molar-refractivity contribution in [2.24, 2.45) is 0 Å². The number of nitrogens with zero attached hydrogens (tertiary/aromatic N) is 1. The number of hydrogen-bond donors (Lipinski definition) is 0. The molecular formula is C52H35NO. The SMILES string of the molecule is [2H]c1c([2H])c([2H])c(-c2cc3c4cccc(-c5ccc(N(c6ccc(-c7ccccc7)cc6)c6ccc(-c7ccccc7)cc6)cc5)c4oc3c3ccccc23)c([2H])c1[2H]. The predicted octanol–water partition coefficient (Wildman–Crippen LogP) is 14.9. The van der Waals surface area contributed by atoms with Crippen molar-refractivity contribution in [1.82, 2.24) is 0 Å². The second-order valence-corrected chi connectivity index (χ2v) is 13.3. The standard InChI is InChI=1S/C52H35NO/c1-4-13-36(14-5-1)38-23-29-42(30-24-38)53(43-31-25-39(26-32-43)37-15-6-2-7-16-37)44-33-27-41(28-34-44)45-21-12-22-48-50-35-49(40-17-8-3-9-18-40)46-19-10-11-20-47(46)52(50)54-51(45)48/h1-35H/i3D,8D,9D,17D,18D. The van der Waals surface area contributed by atoms with Crippen LogP contribution >= 0.6 is 0 Å². The molecule has 10 rings (SSSR count). The molecule has 0 spiro atoms. The zero-order chi connectivity index (χ0) is 40.2. The molecule has 0 saturated carbocycles. The molecule has 0 atom stereocenters. The fourth-order valence-corrected chi connectivity index (χ4v) is 7.54. The van der Waals surface area contributed by atoms with Gasteiger partial charge in [0, 0.05) is 38.8 Å². The van der Waals surface area contributed by atoms with E-state index < -0.39 is 6.04 Å². The maximum atomic E-state index is 8.78. The lowest BCUT2D eigenvalue weighted by Gasteiger charge is -2.26. The molecule has 9 aromatic carbocycles. The van der Waals surface area contributed by atoms with Crippen molar-refractivity contribution in [3.8, 4) is 44.5 Å². The van der Waals surface area contributed by atoms with E-state index in [1.165, 1.54) is 11.1 Å². The molecule has 0 N–H and O–H groups in total. The molecule has 0 radical (unpaired) electrons. The third-order valence-corrected chi connectivity index (χ3v) is 10.2. The van der Waals surface area contributed by atoms with Gasteiger partial charge in [-0.2, -0.15) is 0 Å². The first-order valence-corrected chi connectivity index (χ1v) is 18.0. The Morgan fingerprint density at radius 1 is 0.333 bits per heavy atom. The van der Waals surface area contributed by atoms with Crippen LogP contribution in [0.4, 0.5) is 17.1 Å². The Hall–Kier alpha value is -7.16. The average Bonchev–Trinajstić information content (AvgIpc) is 3.68. The van der Waals surface area contributed by atoms with E-state index in [9.17, 15) is 0 Å². The van der Waals surface area contributed by atoms with Crippen LogP contribution in [0.5, 0.6) is 0 Å². The van der Waals surface area contributed by atoms with E-state index >= 15 is 0 Å². The van der Waals surface area contributed by atoms with Crippen LogP contribution in [0.1, 0.15) is 6.85 Å². The molecule has 254 valence electrons. The molecule has 0 aliphatic rings. The van der Waals surface area contributed by atoms with Crippen molar-refractivity contribution < 1.29 is 11.3 Å². The van der Waals surface area contributed by atoms with Crippen LogP contribution in [0.3, 0.4) is 0 Å². The Labute approximate surface area is 321 Å². The number of fused-ring (bicyclic) bond motifs is 5. The predicted molar refractivity (Wildman–Crippen MR) is 228 cm³/mol. The van der Waals surface area contributed by atoms with Crippen molar-refractivity contribution in [2.45, 2.75) is 0 Å². The number of furan rings is 1. The van der Waals surface area contributed by atoms with Crippen LogP contribution < -0.4 is 4.90 Å². The molecule has 0 aliphatic carbocycles. The van der Waals surface area contributed by atoms with Gasteiger partial charge in [0.25, 0.3) is 0 Å². The van der Waals surface area contributed by atoms with Crippen molar-refractivity contribution in [1.29, 1.82) is 0 Å². The number of para-hydroxylation sites is 1. The minimum absolute atomic E-state index is 0.171. The molecule has 1 aromatic heterocycles. The zero-order valence-corrected chi connectivity index (χ0v) is 29.2. The van der Waals surface area contributed by atoms with Crippen molar-refractivity contribution in [2.75, 3.05) is 4.90 Å². The number of hydrogen-bond acceptors (Lipinski definition) is 2. The highest BCUT2D eigenvalue weighted by Crippen LogP contribution is 2.43. The maximum absolute atomic E-state index is 8.78. The molecule has 0 bridgehead atoms. The van der Waals surface area contributed by atoms with Crippen LogP contribution in [0.2, 0.25) is 0 Å². The number of benzene rings is 9. The van der Waals surface area contributed by atoms with E-state index in [-0.39, 0.29) is 29.7 Å². The van der Waals surface area contributed by atoms with Crippen LogP contribution in [0, 0.1) is 0 Å². The maximum Gasteiger partial charge on any atom is 0.143 e. The molecule has 54 heavy (non-hydrogen) atoms. The highest BCUT2D eigenvalue weighted by molar-refractivity contribution is 6.20. The van der Waals surface area contributed by atoms with Gasteiger partial charge in [0.05, 0.1) is 6.85 Å². The van der Waals surface area contributed by atoms with Gasteiger partial charge < -0.3 is 9.32 Å². The average molecular weight is 695 g/mol. The summed E-state index contributed by atoms with van der Waals surface area (Å²) in [5, 5.41) is 3.23. The third-order valence-electron chi connectivity index (χ3n) is 10.2. The summed E-state index contributed by atoms with van der Waals surface area (Å²) >= 11 is 0. The van der Waals surface area contributed by atoms with Gasteiger partial charge in [-0.05, 0) is 86.8 Å².